The number of likely N-dealkylation sites (tertiary alicyclic amines) is 1. The van der Waals surface area contributed by atoms with Gasteiger partial charge < -0.3 is 9.64 Å². The summed E-state index contributed by atoms with van der Waals surface area (Å²) in [6.45, 7) is 3.17. The molecule has 1 aromatic carbocycles. The van der Waals surface area contributed by atoms with Crippen LogP contribution in [0.4, 0.5) is 0 Å². The van der Waals surface area contributed by atoms with Gasteiger partial charge in [0, 0.05) is 20.2 Å². The number of hydrogen-bond acceptors (Lipinski definition) is 5. The summed E-state index contributed by atoms with van der Waals surface area (Å²) >= 11 is 0. The molecule has 0 radical (unpaired) electrons. The molecule has 2 atom stereocenters. The number of hydrogen-bond donors (Lipinski definition) is 0. The van der Waals surface area contributed by atoms with Gasteiger partial charge >= 0.3 is 0 Å². The zero-order chi connectivity index (χ0) is 16.9. The Morgan fingerprint density at radius 3 is 2.79 bits per heavy atom. The second kappa shape index (κ2) is 7.57. The lowest BCUT2D eigenvalue weighted by atomic mass is 9.87. The average molecular weight is 329 g/mol. The second-order valence-electron chi connectivity index (χ2n) is 6.33. The highest BCUT2D eigenvalue weighted by Gasteiger charge is 2.32. The smallest absolute Gasteiger partial charge is 0.228 e. The molecule has 0 bridgehead atoms. The molecule has 0 aliphatic carbocycles. The van der Waals surface area contributed by atoms with Gasteiger partial charge in [-0.25, -0.2) is 4.63 Å². The Bertz CT molecular complexity index is 671. The molecule has 0 spiro atoms. The van der Waals surface area contributed by atoms with Crippen molar-refractivity contribution in [2.24, 2.45) is 5.92 Å². The molecule has 6 heteroatoms. The first-order chi connectivity index (χ1) is 11.7. The summed E-state index contributed by atoms with van der Waals surface area (Å²) in [7, 11) is 1.72. The zero-order valence-electron chi connectivity index (χ0n) is 14.1. The third-order valence-corrected chi connectivity index (χ3v) is 4.76. The predicted molar refractivity (Wildman–Crippen MR) is 88.4 cm³/mol. The number of aromatic nitrogens is 2. The summed E-state index contributed by atoms with van der Waals surface area (Å²) in [5.41, 5.74) is 2.60. The van der Waals surface area contributed by atoms with Crippen LogP contribution in [-0.2, 0) is 22.4 Å². The molecule has 1 saturated heterocycles. The van der Waals surface area contributed by atoms with Crippen molar-refractivity contribution >= 4 is 5.91 Å². The number of aryl methyl sites for hydroxylation is 1. The van der Waals surface area contributed by atoms with Gasteiger partial charge in [0.2, 0.25) is 5.91 Å². The lowest BCUT2D eigenvalue weighted by Crippen LogP contribution is -2.48. The second-order valence-corrected chi connectivity index (χ2v) is 6.33. The fraction of sp³-hybridized carbons (Fsp3) is 0.500. The van der Waals surface area contributed by atoms with E-state index in [0.29, 0.717) is 23.9 Å². The molecule has 1 aromatic heterocycles. The van der Waals surface area contributed by atoms with Crippen molar-refractivity contribution in [2.45, 2.75) is 32.3 Å². The largest absolute Gasteiger partial charge is 0.379 e. The topological polar surface area (TPSA) is 68.5 Å². The maximum Gasteiger partial charge on any atom is 0.228 e. The Morgan fingerprint density at radius 1 is 1.33 bits per heavy atom. The number of methoxy groups -OCH3 is 1. The number of rotatable bonds is 5. The third kappa shape index (κ3) is 3.82. The van der Waals surface area contributed by atoms with E-state index in [2.05, 4.69) is 39.2 Å². The Kier molecular flexibility index (Phi) is 5.25. The van der Waals surface area contributed by atoms with E-state index in [1.165, 1.54) is 5.56 Å². The van der Waals surface area contributed by atoms with E-state index < -0.39 is 0 Å². The summed E-state index contributed by atoms with van der Waals surface area (Å²) in [6.07, 6.45) is 2.21. The first-order valence-corrected chi connectivity index (χ1v) is 8.30. The van der Waals surface area contributed by atoms with Crippen molar-refractivity contribution in [1.29, 1.82) is 0 Å². The molecule has 3 rings (SSSR count). The van der Waals surface area contributed by atoms with Gasteiger partial charge in [0.15, 0.2) is 0 Å². The summed E-state index contributed by atoms with van der Waals surface area (Å²) in [4.78, 5) is 14.4. The minimum atomic E-state index is 0.0500. The van der Waals surface area contributed by atoms with Gasteiger partial charge in [0.1, 0.15) is 11.4 Å². The SMILES string of the molecule is CO[C@@H]1CN(C(=O)Cc2nonc2C)CC[C@@H]1Cc1ccccc1. The van der Waals surface area contributed by atoms with Crippen molar-refractivity contribution < 1.29 is 14.2 Å². The molecule has 0 saturated carbocycles. The van der Waals surface area contributed by atoms with Crippen LogP contribution in [0.25, 0.3) is 0 Å². The molecule has 1 aliphatic rings. The minimum Gasteiger partial charge on any atom is -0.379 e. The van der Waals surface area contributed by atoms with Crippen LogP contribution < -0.4 is 0 Å². The van der Waals surface area contributed by atoms with Crippen molar-refractivity contribution in [1.82, 2.24) is 15.2 Å². The van der Waals surface area contributed by atoms with Gasteiger partial charge in [-0.2, -0.15) is 0 Å². The minimum absolute atomic E-state index is 0.0500. The number of carbonyl (C=O) groups is 1. The lowest BCUT2D eigenvalue weighted by molar-refractivity contribution is -0.135. The number of nitrogens with zero attached hydrogens (tertiary/aromatic N) is 3. The van der Waals surface area contributed by atoms with E-state index >= 15 is 0 Å². The number of piperidine rings is 1. The van der Waals surface area contributed by atoms with E-state index in [-0.39, 0.29) is 18.4 Å². The quantitative estimate of drug-likeness (QED) is 0.839. The molecule has 0 N–H and O–H groups in total. The van der Waals surface area contributed by atoms with Crippen molar-refractivity contribution in [2.75, 3.05) is 20.2 Å². The number of benzene rings is 1. The molecule has 2 heterocycles. The third-order valence-electron chi connectivity index (χ3n) is 4.76. The van der Waals surface area contributed by atoms with Crippen LogP contribution in [0.5, 0.6) is 0 Å². The summed E-state index contributed by atoms with van der Waals surface area (Å²) in [5, 5.41) is 7.52. The Hall–Kier alpha value is -2.21. The zero-order valence-corrected chi connectivity index (χ0v) is 14.1. The molecular weight excluding hydrogens is 306 g/mol. The van der Waals surface area contributed by atoms with Crippen LogP contribution in [0.3, 0.4) is 0 Å². The summed E-state index contributed by atoms with van der Waals surface area (Å²) in [5.74, 6) is 0.478. The van der Waals surface area contributed by atoms with Gasteiger partial charge in [-0.3, -0.25) is 4.79 Å². The summed E-state index contributed by atoms with van der Waals surface area (Å²) in [6, 6.07) is 10.4. The van der Waals surface area contributed by atoms with Crippen molar-refractivity contribution in [3.8, 4) is 0 Å². The number of amides is 1. The molecule has 128 valence electrons. The van der Waals surface area contributed by atoms with E-state index in [0.717, 1.165) is 19.4 Å². The Labute approximate surface area is 141 Å². The molecule has 1 amide bonds. The standard InChI is InChI=1S/C18H23N3O3/c1-13-16(20-24-19-13)11-18(22)21-9-8-15(17(12-21)23-2)10-14-6-4-3-5-7-14/h3-7,15,17H,8-12H2,1-2H3/t15-,17-/m1/s1. The molecule has 2 aromatic rings. The van der Waals surface area contributed by atoms with Crippen LogP contribution in [0, 0.1) is 12.8 Å². The van der Waals surface area contributed by atoms with Crippen LogP contribution in [0.1, 0.15) is 23.4 Å². The molecule has 24 heavy (non-hydrogen) atoms. The van der Waals surface area contributed by atoms with Gasteiger partial charge in [0.25, 0.3) is 0 Å². The normalized spacial score (nSPS) is 21.0. The van der Waals surface area contributed by atoms with Crippen LogP contribution >= 0.6 is 0 Å². The van der Waals surface area contributed by atoms with Crippen LogP contribution in [0.15, 0.2) is 35.0 Å². The fourth-order valence-corrected chi connectivity index (χ4v) is 3.27. The van der Waals surface area contributed by atoms with Crippen LogP contribution in [-0.4, -0.2) is 47.4 Å². The number of carbonyl (C=O) groups excluding carboxylic acids is 1. The average Bonchev–Trinajstić information content (AvgIpc) is 3.01. The van der Waals surface area contributed by atoms with Gasteiger partial charge in [-0.15, -0.1) is 0 Å². The Balaban J connectivity index is 1.60. The monoisotopic (exact) mass is 329 g/mol. The van der Waals surface area contributed by atoms with E-state index in [1.807, 2.05) is 11.0 Å². The lowest BCUT2D eigenvalue weighted by Gasteiger charge is -2.38. The Morgan fingerprint density at radius 2 is 2.12 bits per heavy atom. The van der Waals surface area contributed by atoms with Gasteiger partial charge in [-0.05, 0) is 31.2 Å². The predicted octanol–water partition coefficient (Wildman–Crippen LogP) is 2.03. The summed E-state index contributed by atoms with van der Waals surface area (Å²) < 4.78 is 10.3. The molecular formula is C18H23N3O3. The molecule has 1 fully saturated rings. The van der Waals surface area contributed by atoms with Gasteiger partial charge in [-0.1, -0.05) is 40.6 Å². The molecule has 6 nitrogen and oxygen atoms in total. The highest BCUT2D eigenvalue weighted by molar-refractivity contribution is 5.78. The van der Waals surface area contributed by atoms with Crippen LogP contribution in [0.2, 0.25) is 0 Å². The highest BCUT2D eigenvalue weighted by Crippen LogP contribution is 2.24. The van der Waals surface area contributed by atoms with Crippen molar-refractivity contribution in [3.63, 3.8) is 0 Å². The maximum absolute atomic E-state index is 12.5. The van der Waals surface area contributed by atoms with Crippen molar-refractivity contribution in [3.05, 3.63) is 47.3 Å². The highest BCUT2D eigenvalue weighted by atomic mass is 16.6. The van der Waals surface area contributed by atoms with E-state index in [1.54, 1.807) is 14.0 Å². The molecule has 1 aliphatic heterocycles. The maximum atomic E-state index is 12.5. The van der Waals surface area contributed by atoms with E-state index in [4.69, 9.17) is 4.74 Å². The number of ether oxygens (including phenoxy) is 1. The molecule has 0 unspecified atom stereocenters. The van der Waals surface area contributed by atoms with E-state index in [9.17, 15) is 4.79 Å². The fourth-order valence-electron chi connectivity index (χ4n) is 3.27. The van der Waals surface area contributed by atoms with Gasteiger partial charge in [0.05, 0.1) is 12.5 Å². The first kappa shape index (κ1) is 16.6. The first-order valence-electron chi connectivity index (χ1n) is 8.30.